The Morgan fingerprint density at radius 2 is 1.69 bits per heavy atom. The van der Waals surface area contributed by atoms with Gasteiger partial charge >= 0.3 is 6.01 Å². The van der Waals surface area contributed by atoms with Gasteiger partial charge in [0.1, 0.15) is 5.69 Å². The number of rotatable bonds is 5. The molecule has 0 saturated carbocycles. The third kappa shape index (κ3) is 5.56. The molecule has 0 saturated heterocycles. The Bertz CT molecular complexity index is 1780. The number of hydrogen-bond acceptors (Lipinski definition) is 2. The number of pyridine rings is 2. The van der Waals surface area contributed by atoms with Gasteiger partial charge in [-0.15, -0.1) is 53.1 Å². The van der Waals surface area contributed by atoms with Crippen molar-refractivity contribution >= 4 is 23.1 Å². The molecule has 2 aromatic heterocycles. The van der Waals surface area contributed by atoms with E-state index in [1.54, 1.807) is 0 Å². The Labute approximate surface area is 262 Å². The first kappa shape index (κ1) is 29.5. The maximum atomic E-state index is 4.68. The second kappa shape index (κ2) is 12.5. The van der Waals surface area contributed by atoms with Crippen molar-refractivity contribution in [3.8, 4) is 22.4 Å². The molecule has 7 rings (SSSR count). The SMILES string of the molecule is CCCC[N+]1=C=[N+](c2[c-]cc3c(c2)C(C)(C)c2ncccc2-3)c2ccccc21.Cc1ccc(-c2[c-]cccc2)nc1.[Ir]. The molecule has 5 heteroatoms. The second-order valence-corrected chi connectivity index (χ2v) is 11.1. The molecule has 0 spiro atoms. The van der Waals surface area contributed by atoms with Crippen LogP contribution in [-0.4, -0.2) is 27.1 Å². The largest absolute Gasteiger partial charge is 0.494 e. The van der Waals surface area contributed by atoms with Gasteiger partial charge in [-0.2, -0.15) is 6.07 Å². The van der Waals surface area contributed by atoms with Crippen molar-refractivity contribution in [2.45, 2.75) is 46.0 Å². The summed E-state index contributed by atoms with van der Waals surface area (Å²) in [7, 11) is 0. The summed E-state index contributed by atoms with van der Waals surface area (Å²) in [6.07, 6.45) is 6.08. The first-order valence-electron chi connectivity index (χ1n) is 14.3. The van der Waals surface area contributed by atoms with Crippen molar-refractivity contribution in [1.29, 1.82) is 0 Å². The summed E-state index contributed by atoms with van der Waals surface area (Å²) in [5, 5.41) is 0. The van der Waals surface area contributed by atoms with Crippen molar-refractivity contribution in [3.05, 3.63) is 126 Å². The summed E-state index contributed by atoms with van der Waals surface area (Å²) in [4.78, 5) is 9.00. The minimum atomic E-state index is -0.114. The summed E-state index contributed by atoms with van der Waals surface area (Å²) < 4.78 is 4.39. The first-order chi connectivity index (χ1) is 20.0. The van der Waals surface area contributed by atoms with Gasteiger partial charge in [0.25, 0.3) is 11.4 Å². The Kier molecular flexibility index (Phi) is 8.75. The number of nitrogens with zero attached hydrogens (tertiary/aromatic N) is 4. The van der Waals surface area contributed by atoms with Crippen molar-refractivity contribution < 1.29 is 24.7 Å². The average Bonchev–Trinajstić information content (AvgIpc) is 3.49. The molecule has 211 valence electrons. The zero-order valence-corrected chi connectivity index (χ0v) is 26.9. The predicted molar refractivity (Wildman–Crippen MR) is 166 cm³/mol. The Hall–Kier alpha value is -4.01. The molecule has 0 bridgehead atoms. The van der Waals surface area contributed by atoms with Gasteiger partial charge in [0.15, 0.2) is 6.54 Å². The standard InChI is InChI=1S/C25H24N3.C12H10N.Ir/c1-4-5-15-27-17-28(23-11-7-6-10-22(23)27)18-12-13-19-20-9-8-14-26-24(20)25(2,3)21(19)16-18;1-10-7-8-12(13-9-10)11-5-3-2-4-6-11;/h6-11,13-14,16H,4-5,15H2,1-3H3;2-5,7-9H,1H3;/q+1;-1;. The second-order valence-electron chi connectivity index (χ2n) is 11.1. The average molecular weight is 727 g/mol. The summed E-state index contributed by atoms with van der Waals surface area (Å²) in [5.74, 6) is 0. The van der Waals surface area contributed by atoms with Crippen molar-refractivity contribution in [3.63, 3.8) is 0 Å². The van der Waals surface area contributed by atoms with E-state index in [1.165, 1.54) is 40.0 Å². The van der Waals surface area contributed by atoms with Gasteiger partial charge in [-0.3, -0.25) is 4.98 Å². The number of aromatic nitrogens is 2. The molecule has 42 heavy (non-hydrogen) atoms. The van der Waals surface area contributed by atoms with Gasteiger partial charge in [0.05, 0.1) is 0 Å². The summed E-state index contributed by atoms with van der Waals surface area (Å²) in [6, 6.07) is 39.3. The molecule has 2 aliphatic rings. The molecule has 1 aliphatic carbocycles. The van der Waals surface area contributed by atoms with Crippen LogP contribution in [0.3, 0.4) is 0 Å². The normalized spacial score (nSPS) is 13.4. The third-order valence-electron chi connectivity index (χ3n) is 7.81. The van der Waals surface area contributed by atoms with E-state index in [0.29, 0.717) is 0 Å². The maximum absolute atomic E-state index is 4.68. The van der Waals surface area contributed by atoms with Gasteiger partial charge in [-0.1, -0.05) is 78.3 Å². The molecule has 0 unspecified atom stereocenters. The quantitative estimate of drug-likeness (QED) is 0.134. The zero-order valence-electron chi connectivity index (χ0n) is 24.5. The van der Waals surface area contributed by atoms with Crippen LogP contribution < -0.4 is 4.58 Å². The Morgan fingerprint density at radius 3 is 2.43 bits per heavy atom. The van der Waals surface area contributed by atoms with Gasteiger partial charge in [-0.25, -0.2) is 0 Å². The van der Waals surface area contributed by atoms with E-state index in [9.17, 15) is 0 Å². The number of benzene rings is 3. The molecule has 0 atom stereocenters. The van der Waals surface area contributed by atoms with Crippen LogP contribution in [0.25, 0.3) is 22.4 Å². The number of hydrogen-bond donors (Lipinski definition) is 0. The smallest absolute Gasteiger partial charge is 0.304 e. The minimum Gasteiger partial charge on any atom is -0.304 e. The molecule has 1 radical (unpaired) electrons. The number of aryl methyl sites for hydroxylation is 1. The minimum absolute atomic E-state index is 0. The van der Waals surface area contributed by atoms with Gasteiger partial charge in [0, 0.05) is 62.2 Å². The fourth-order valence-corrected chi connectivity index (χ4v) is 5.56. The van der Waals surface area contributed by atoms with Crippen molar-refractivity contribution in [1.82, 2.24) is 14.5 Å². The van der Waals surface area contributed by atoms with E-state index in [2.05, 4.69) is 107 Å². The van der Waals surface area contributed by atoms with E-state index in [-0.39, 0.29) is 25.5 Å². The van der Waals surface area contributed by atoms with E-state index in [0.717, 1.165) is 35.6 Å². The number of unbranched alkanes of at least 4 members (excludes halogenated alkanes) is 1. The maximum Gasteiger partial charge on any atom is 0.494 e. The van der Waals surface area contributed by atoms with Crippen molar-refractivity contribution in [2.75, 3.05) is 6.54 Å². The van der Waals surface area contributed by atoms with Gasteiger partial charge in [0.2, 0.25) is 0 Å². The summed E-state index contributed by atoms with van der Waals surface area (Å²) in [5.41, 5.74) is 11.4. The fourth-order valence-electron chi connectivity index (χ4n) is 5.56. The zero-order chi connectivity index (χ0) is 28.4. The van der Waals surface area contributed by atoms with Crippen LogP contribution in [-0.2, 0) is 25.5 Å². The van der Waals surface area contributed by atoms with Crippen LogP contribution in [0.4, 0.5) is 17.1 Å². The van der Waals surface area contributed by atoms with E-state index < -0.39 is 0 Å². The molecule has 4 nitrogen and oxygen atoms in total. The Morgan fingerprint density at radius 1 is 0.881 bits per heavy atom. The number of para-hydroxylation sites is 2. The number of fused-ring (bicyclic) bond motifs is 4. The first-order valence-corrected chi connectivity index (χ1v) is 14.3. The molecule has 0 amide bonds. The van der Waals surface area contributed by atoms with Crippen LogP contribution in [0.1, 0.15) is 50.4 Å². The molecule has 1 aliphatic heterocycles. The molecular weight excluding hydrogens is 693 g/mol. The van der Waals surface area contributed by atoms with E-state index in [1.807, 2.05) is 55.7 Å². The molecule has 0 N–H and O–H groups in total. The van der Waals surface area contributed by atoms with E-state index in [4.69, 9.17) is 0 Å². The van der Waals surface area contributed by atoms with Gasteiger partial charge < -0.3 is 4.98 Å². The van der Waals surface area contributed by atoms with Crippen LogP contribution in [0.5, 0.6) is 0 Å². The topological polar surface area (TPSA) is 31.8 Å². The molecule has 3 heterocycles. The van der Waals surface area contributed by atoms with Crippen LogP contribution >= 0.6 is 0 Å². The third-order valence-corrected chi connectivity index (χ3v) is 7.81. The van der Waals surface area contributed by atoms with Crippen LogP contribution in [0.15, 0.2) is 97.3 Å². The summed E-state index contributed by atoms with van der Waals surface area (Å²) >= 11 is 0. The molecule has 0 fully saturated rings. The molecular formula is C37H34IrN4. The van der Waals surface area contributed by atoms with E-state index >= 15 is 0 Å². The molecule has 3 aromatic carbocycles. The van der Waals surface area contributed by atoms with Crippen molar-refractivity contribution in [2.24, 2.45) is 0 Å². The summed E-state index contributed by atoms with van der Waals surface area (Å²) in [6.45, 7) is 9.75. The van der Waals surface area contributed by atoms with Gasteiger partial charge in [-0.05, 0) is 24.2 Å². The monoisotopic (exact) mass is 727 g/mol. The Balaban J connectivity index is 0.000000212. The van der Waals surface area contributed by atoms with Crippen LogP contribution in [0.2, 0.25) is 0 Å². The van der Waals surface area contributed by atoms with Crippen LogP contribution in [0, 0.1) is 19.1 Å². The molecule has 5 aromatic rings. The fraction of sp³-hybridized carbons (Fsp3) is 0.216. The predicted octanol–water partition coefficient (Wildman–Crippen LogP) is 8.51.